The maximum absolute atomic E-state index is 13.7. The van der Waals surface area contributed by atoms with Crippen LogP contribution in [0, 0.1) is 11.8 Å². The number of ether oxygens (including phenoxy) is 3. The highest BCUT2D eigenvalue weighted by molar-refractivity contribution is 7.61. The number of aliphatic hydroxyl groups is 5. The quantitative estimate of drug-likeness (QED) is 0.0219. The first kappa shape index (κ1) is 68.0. The molecule has 22 nitrogen and oxygen atoms in total. The number of carbonyl (C=O) groups excluding carboxylic acids is 3. The predicted molar refractivity (Wildman–Crippen MR) is 291 cm³/mol. The molecule has 2 bridgehead atoms. The fourth-order valence-electron chi connectivity index (χ4n) is 8.40. The zero-order chi connectivity index (χ0) is 57.4. The molecule has 2 fully saturated rings. The number of esters is 2. The SMILES string of the molecule is CCCCC/C=C\C/C=C\C/C=C\C/C=C\C/C=C\CCC(=O)OC[C@@H]1COP(=O)(O)OP(=O)(O)OC[C@H]2O[C@@H](n3ccc(N)nc3=O)[C@@H](CC(=O)CCCCC(=O)O1)[C@@H](O)C[C@@H](O)[C@H](/C=C\[C@@H](O)CCCCC)[C@H](O)[C@@H]2O. The van der Waals surface area contributed by atoms with Gasteiger partial charge in [0.05, 0.1) is 37.6 Å². The topological polar surface area (TPSA) is 343 Å². The van der Waals surface area contributed by atoms with Gasteiger partial charge in [-0.3, -0.25) is 28.0 Å². The number of fused-ring (bicyclic) bond motifs is 3. The highest BCUT2D eigenvalue weighted by Crippen LogP contribution is 2.60. The molecule has 2 aliphatic heterocycles. The van der Waals surface area contributed by atoms with Gasteiger partial charge in [-0.2, -0.15) is 9.29 Å². The molecule has 2 aliphatic rings. The van der Waals surface area contributed by atoms with Crippen LogP contribution in [0.5, 0.6) is 0 Å². The third-order valence-electron chi connectivity index (χ3n) is 12.7. The number of aromatic nitrogens is 2. The summed E-state index contributed by atoms with van der Waals surface area (Å²) in [6.07, 6.45) is 19.5. The third-order valence-corrected chi connectivity index (χ3v) is 15.3. The molecule has 0 spiro atoms. The van der Waals surface area contributed by atoms with Crippen molar-refractivity contribution in [2.45, 2.75) is 191 Å². The largest absolute Gasteiger partial charge is 0.481 e. The summed E-state index contributed by atoms with van der Waals surface area (Å²) in [5, 5.41) is 57.4. The van der Waals surface area contributed by atoms with E-state index in [1.54, 1.807) is 6.08 Å². The summed E-state index contributed by atoms with van der Waals surface area (Å²) < 4.78 is 58.6. The number of rotatable bonds is 24. The summed E-state index contributed by atoms with van der Waals surface area (Å²) in [5.74, 6) is -5.30. The number of hydrogen-bond acceptors (Lipinski definition) is 19. The molecule has 0 aromatic carbocycles. The van der Waals surface area contributed by atoms with Gasteiger partial charge in [0.15, 0.2) is 6.10 Å². The van der Waals surface area contributed by atoms with Crippen molar-refractivity contribution >= 4 is 39.2 Å². The molecule has 3 rings (SSSR count). The van der Waals surface area contributed by atoms with Gasteiger partial charge in [-0.1, -0.05) is 119 Å². The lowest BCUT2D eigenvalue weighted by atomic mass is 9.82. The van der Waals surface area contributed by atoms with Crippen LogP contribution in [0.25, 0.3) is 0 Å². The van der Waals surface area contributed by atoms with Crippen molar-refractivity contribution in [2.75, 3.05) is 25.6 Å². The van der Waals surface area contributed by atoms with Crippen molar-refractivity contribution in [3.8, 4) is 0 Å². The van der Waals surface area contributed by atoms with Crippen molar-refractivity contribution in [3.05, 3.63) is 95.7 Å². The molecular formula is C54H85N3O19P2. The van der Waals surface area contributed by atoms with Crippen LogP contribution in [-0.4, -0.2) is 125 Å². The number of aliphatic hydroxyl groups excluding tert-OH is 5. The second-order valence-corrected chi connectivity index (χ2v) is 22.4. The summed E-state index contributed by atoms with van der Waals surface area (Å²) in [7, 11) is -11.4. The van der Waals surface area contributed by atoms with Crippen LogP contribution in [0.3, 0.4) is 0 Å². The molecule has 9 N–H and O–H groups in total. The average molecular weight is 1140 g/mol. The van der Waals surface area contributed by atoms with E-state index in [2.05, 4.69) is 52.7 Å². The summed E-state index contributed by atoms with van der Waals surface area (Å²) in [5.41, 5.74) is 4.66. The smallest absolute Gasteiger partial charge is 0.462 e. The molecule has 0 saturated carbocycles. The number of unbranched alkanes of at least 4 members (excludes halogenated alkanes) is 5. The van der Waals surface area contributed by atoms with E-state index in [9.17, 15) is 63.6 Å². The predicted octanol–water partition coefficient (Wildman–Crippen LogP) is 7.23. The Bertz CT molecular complexity index is 2290. The number of hydrogen-bond donors (Lipinski definition) is 8. The Kier molecular flexibility index (Phi) is 32.8. The standard InChI is InChI=1S/C54H85N3O19P2/c1-3-5-7-8-9-10-11-12-13-14-15-16-17-18-19-20-21-22-24-29-49(62)71-37-42-38-72-77(67,68)76-78(69,70)73-39-47-52(65)51(64)43(32-31-40(58)27-23-6-4-2)45(60)36-46(61)44(35-41(59)28-25-26-30-50(63)74-42)53(75-47)57-34-33-48(55)56-54(57)66/h9-10,12-13,15-16,18-19,21-22,31-34,40,42-47,51-53,58,60-61,64-65H,3-8,11,14,17,20,23-30,35-39H2,1-2H3,(H,67,68)(H,69,70)(H2,55,56,66)/b10-9-,13-12-,16-15-,19-18-,22-21-,32-31-/t40-,42+,43-,44-,45+,46-,47+,51-,52+,53+/m0/s1. The number of ketones is 1. The van der Waals surface area contributed by atoms with Gasteiger partial charge in [-0.05, 0) is 70.3 Å². The summed E-state index contributed by atoms with van der Waals surface area (Å²) >= 11 is 0. The first-order valence-corrected chi connectivity index (χ1v) is 30.1. The Balaban J connectivity index is 1.75. The van der Waals surface area contributed by atoms with E-state index in [4.69, 9.17) is 29.0 Å². The van der Waals surface area contributed by atoms with Gasteiger partial charge in [0, 0.05) is 50.1 Å². The molecule has 1 aromatic rings. The number of nitrogens with two attached hydrogens (primary N) is 1. The van der Waals surface area contributed by atoms with Crippen LogP contribution in [0.1, 0.15) is 148 Å². The van der Waals surface area contributed by atoms with Crippen LogP contribution in [0.4, 0.5) is 5.82 Å². The minimum atomic E-state index is -5.77. The zero-order valence-corrected chi connectivity index (χ0v) is 46.8. The number of nitrogen functional groups attached to an aromatic ring is 1. The van der Waals surface area contributed by atoms with Crippen LogP contribution >= 0.6 is 15.6 Å². The van der Waals surface area contributed by atoms with Gasteiger partial charge in [0.25, 0.3) is 0 Å². The van der Waals surface area contributed by atoms with E-state index in [-0.39, 0.29) is 37.9 Å². The molecule has 3 heterocycles. The number of anilines is 1. The number of carbonyl (C=O) groups is 3. The van der Waals surface area contributed by atoms with E-state index in [1.165, 1.54) is 37.5 Å². The average Bonchev–Trinajstić information content (AvgIpc) is 3.38. The second-order valence-electron chi connectivity index (χ2n) is 19.3. The van der Waals surface area contributed by atoms with E-state index in [0.717, 1.165) is 49.3 Å². The van der Waals surface area contributed by atoms with Gasteiger partial charge in [-0.25, -0.2) is 13.9 Å². The minimum absolute atomic E-state index is 0.0512. The molecule has 2 saturated heterocycles. The molecule has 2 unspecified atom stereocenters. The molecule has 24 heteroatoms. The number of cyclic esters (lactones) is 1. The summed E-state index contributed by atoms with van der Waals surface area (Å²) in [6, 6.07) is 1.18. The lowest BCUT2D eigenvalue weighted by Gasteiger charge is -2.40. The first-order chi connectivity index (χ1) is 37.3. The molecule has 0 radical (unpaired) electrons. The van der Waals surface area contributed by atoms with Crippen molar-refractivity contribution in [2.24, 2.45) is 11.8 Å². The highest BCUT2D eigenvalue weighted by Gasteiger charge is 2.45. The lowest BCUT2D eigenvalue weighted by molar-refractivity contribution is -0.196. The molecular weight excluding hydrogens is 1060 g/mol. The molecule has 440 valence electrons. The summed E-state index contributed by atoms with van der Waals surface area (Å²) in [6.45, 7) is 1.22. The number of phosphoric acid groups is 2. The van der Waals surface area contributed by atoms with Crippen molar-refractivity contribution in [1.82, 2.24) is 9.55 Å². The second kappa shape index (κ2) is 37.6. The van der Waals surface area contributed by atoms with E-state index in [0.29, 0.717) is 25.7 Å². The van der Waals surface area contributed by atoms with Crippen molar-refractivity contribution < 1.29 is 86.4 Å². The van der Waals surface area contributed by atoms with Crippen LogP contribution < -0.4 is 11.4 Å². The molecule has 78 heavy (non-hydrogen) atoms. The maximum Gasteiger partial charge on any atom is 0.481 e. The van der Waals surface area contributed by atoms with E-state index >= 15 is 0 Å². The normalized spacial score (nSPS) is 29.5. The number of phosphoric ester groups is 2. The number of nitrogens with zero attached hydrogens (tertiary/aromatic N) is 2. The van der Waals surface area contributed by atoms with Crippen LogP contribution in [0.2, 0.25) is 0 Å². The number of Topliss-reactive ketones (excluding diaryl/α,β-unsaturated/α-hetero) is 1. The first-order valence-electron chi connectivity index (χ1n) is 27.1. The van der Waals surface area contributed by atoms with Crippen LogP contribution in [-0.2, 0) is 51.1 Å². The Morgan fingerprint density at radius 2 is 1.40 bits per heavy atom. The fourth-order valence-corrected chi connectivity index (χ4v) is 10.5. The van der Waals surface area contributed by atoms with Gasteiger partial charge >= 0.3 is 33.3 Å². The molecule has 0 aliphatic carbocycles. The molecule has 0 amide bonds. The van der Waals surface area contributed by atoms with E-state index < -0.39 is 133 Å². The van der Waals surface area contributed by atoms with Gasteiger partial charge in [0.1, 0.15) is 36.6 Å². The Labute approximate surface area is 458 Å². The van der Waals surface area contributed by atoms with Gasteiger partial charge in [0.2, 0.25) is 0 Å². The van der Waals surface area contributed by atoms with Crippen molar-refractivity contribution in [1.29, 1.82) is 0 Å². The lowest BCUT2D eigenvalue weighted by Crippen LogP contribution is -2.52. The highest BCUT2D eigenvalue weighted by atomic mass is 31.3. The fraction of sp³-hybridized carbons (Fsp3) is 0.648. The maximum atomic E-state index is 13.7. The minimum Gasteiger partial charge on any atom is -0.462 e. The number of allylic oxidation sites excluding steroid dienone is 10. The Morgan fingerprint density at radius 3 is 2.03 bits per heavy atom. The van der Waals surface area contributed by atoms with E-state index in [1.807, 2.05) is 25.2 Å². The van der Waals surface area contributed by atoms with Crippen LogP contribution in [0.15, 0.2) is 90.0 Å². The monoisotopic (exact) mass is 1140 g/mol. The van der Waals surface area contributed by atoms with Gasteiger partial charge < -0.3 is 55.3 Å². The molecule has 12 atom stereocenters. The summed E-state index contributed by atoms with van der Waals surface area (Å²) in [4.78, 5) is 77.9. The Hall–Kier alpha value is -4.25. The molecule has 1 aromatic heterocycles. The Morgan fingerprint density at radius 1 is 0.808 bits per heavy atom. The third kappa shape index (κ3) is 27.8. The zero-order valence-electron chi connectivity index (χ0n) is 45.0. The van der Waals surface area contributed by atoms with Gasteiger partial charge in [-0.15, -0.1) is 0 Å². The van der Waals surface area contributed by atoms with Crippen molar-refractivity contribution in [3.63, 3.8) is 0 Å².